The van der Waals surface area contributed by atoms with Crippen molar-refractivity contribution < 1.29 is 27.6 Å². The Balaban J connectivity index is 1.92. The van der Waals surface area contributed by atoms with E-state index in [0.717, 1.165) is 17.7 Å². The number of methoxy groups -OCH3 is 1. The number of ether oxygens (including phenoxy) is 1. The number of nitrogens with zero attached hydrogens (tertiary/aromatic N) is 1. The quantitative estimate of drug-likeness (QED) is 0.403. The van der Waals surface area contributed by atoms with Crippen LogP contribution in [0.4, 0.5) is 24.5 Å². The summed E-state index contributed by atoms with van der Waals surface area (Å²) >= 11 is 0. The monoisotopic (exact) mass is 397 g/mol. The molecule has 10 heteroatoms. The predicted molar refractivity (Wildman–Crippen MR) is 96.1 cm³/mol. The number of amides is 1. The summed E-state index contributed by atoms with van der Waals surface area (Å²) in [6.45, 7) is 0.647. The molecule has 2 rings (SSSR count). The van der Waals surface area contributed by atoms with Crippen molar-refractivity contribution in [3.05, 3.63) is 69.3 Å². The zero-order chi connectivity index (χ0) is 20.7. The van der Waals surface area contributed by atoms with E-state index in [1.54, 1.807) is 31.4 Å². The van der Waals surface area contributed by atoms with Gasteiger partial charge in [-0.25, -0.2) is 0 Å². The second-order valence-corrected chi connectivity index (χ2v) is 5.80. The highest BCUT2D eigenvalue weighted by Crippen LogP contribution is 2.34. The third-order valence-electron chi connectivity index (χ3n) is 3.77. The number of anilines is 1. The Morgan fingerprint density at radius 2 is 1.82 bits per heavy atom. The first-order valence-electron chi connectivity index (χ1n) is 8.18. The molecule has 2 N–H and O–H groups in total. The first-order chi connectivity index (χ1) is 13.2. The average molecular weight is 397 g/mol. The minimum Gasteiger partial charge on any atom is -0.380 e. The lowest BCUT2D eigenvalue weighted by atomic mass is 10.1. The lowest BCUT2D eigenvalue weighted by molar-refractivity contribution is -0.384. The van der Waals surface area contributed by atoms with Gasteiger partial charge in [-0.3, -0.25) is 14.9 Å². The summed E-state index contributed by atoms with van der Waals surface area (Å²) in [5.74, 6) is -0.340. The van der Waals surface area contributed by atoms with Crippen LogP contribution >= 0.6 is 0 Å². The topological polar surface area (TPSA) is 93.5 Å². The summed E-state index contributed by atoms with van der Waals surface area (Å²) < 4.78 is 43.1. The number of rotatable bonds is 8. The van der Waals surface area contributed by atoms with Crippen molar-refractivity contribution in [2.24, 2.45) is 0 Å². The van der Waals surface area contributed by atoms with Crippen LogP contribution in [0.15, 0.2) is 42.5 Å². The summed E-state index contributed by atoms with van der Waals surface area (Å²) in [5, 5.41) is 16.3. The maximum atomic E-state index is 12.7. The Hall–Kier alpha value is -3.14. The molecule has 0 bridgehead atoms. The molecular formula is C18H18F3N3O4. The number of carbonyl (C=O) groups excluding carboxylic acids is 1. The van der Waals surface area contributed by atoms with Crippen molar-refractivity contribution in [2.45, 2.75) is 12.8 Å². The molecule has 28 heavy (non-hydrogen) atoms. The number of halogens is 3. The van der Waals surface area contributed by atoms with Crippen molar-refractivity contribution >= 4 is 17.3 Å². The highest BCUT2D eigenvalue weighted by atomic mass is 19.4. The molecule has 0 aliphatic rings. The molecule has 0 heterocycles. The fraction of sp³-hybridized carbons (Fsp3) is 0.278. The van der Waals surface area contributed by atoms with Gasteiger partial charge in [-0.1, -0.05) is 12.1 Å². The third-order valence-corrected chi connectivity index (χ3v) is 3.77. The highest BCUT2D eigenvalue weighted by Gasteiger charge is 2.32. The zero-order valence-corrected chi connectivity index (χ0v) is 14.9. The van der Waals surface area contributed by atoms with Crippen molar-refractivity contribution in [3.8, 4) is 0 Å². The van der Waals surface area contributed by atoms with Gasteiger partial charge in [0.2, 0.25) is 0 Å². The van der Waals surface area contributed by atoms with E-state index in [-0.39, 0.29) is 24.7 Å². The van der Waals surface area contributed by atoms with Gasteiger partial charge in [0.15, 0.2) is 0 Å². The maximum Gasteiger partial charge on any atom is 0.416 e. The second kappa shape index (κ2) is 9.18. The molecular weight excluding hydrogens is 379 g/mol. The second-order valence-electron chi connectivity index (χ2n) is 5.80. The summed E-state index contributed by atoms with van der Waals surface area (Å²) in [5.41, 5.74) is -0.503. The molecule has 7 nitrogen and oxygen atoms in total. The smallest absolute Gasteiger partial charge is 0.380 e. The first kappa shape index (κ1) is 21.2. The van der Waals surface area contributed by atoms with Crippen LogP contribution in [-0.4, -0.2) is 31.0 Å². The minimum atomic E-state index is -4.67. The van der Waals surface area contributed by atoms with E-state index in [4.69, 9.17) is 4.74 Å². The molecule has 2 aromatic carbocycles. The molecule has 0 saturated heterocycles. The van der Waals surface area contributed by atoms with Gasteiger partial charge in [0.25, 0.3) is 11.6 Å². The van der Waals surface area contributed by atoms with Gasteiger partial charge in [-0.05, 0) is 29.8 Å². The van der Waals surface area contributed by atoms with Crippen LogP contribution in [0.2, 0.25) is 0 Å². The molecule has 150 valence electrons. The maximum absolute atomic E-state index is 12.7. The Morgan fingerprint density at radius 3 is 2.39 bits per heavy atom. The van der Waals surface area contributed by atoms with E-state index in [1.165, 1.54) is 0 Å². The molecule has 0 atom stereocenters. The number of hydrogen-bond acceptors (Lipinski definition) is 5. The van der Waals surface area contributed by atoms with Gasteiger partial charge in [0, 0.05) is 31.8 Å². The number of benzene rings is 2. The Labute approximate surface area is 158 Å². The van der Waals surface area contributed by atoms with Crippen LogP contribution < -0.4 is 10.6 Å². The average Bonchev–Trinajstić information content (AvgIpc) is 2.65. The van der Waals surface area contributed by atoms with E-state index >= 15 is 0 Å². The van der Waals surface area contributed by atoms with Crippen LogP contribution in [0.3, 0.4) is 0 Å². The first-order valence-corrected chi connectivity index (χ1v) is 8.18. The largest absolute Gasteiger partial charge is 0.416 e. The molecule has 0 aliphatic heterocycles. The lowest BCUT2D eigenvalue weighted by Crippen LogP contribution is -2.28. The lowest BCUT2D eigenvalue weighted by Gasteiger charge is -2.11. The number of alkyl halides is 3. The van der Waals surface area contributed by atoms with Crippen molar-refractivity contribution in [3.63, 3.8) is 0 Å². The number of carbonyl (C=O) groups is 1. The van der Waals surface area contributed by atoms with Gasteiger partial charge in [0.1, 0.15) is 5.69 Å². The molecule has 0 aromatic heterocycles. The minimum absolute atomic E-state index is 0.0591. The van der Waals surface area contributed by atoms with Gasteiger partial charge in [-0.2, -0.15) is 13.2 Å². The van der Waals surface area contributed by atoms with Crippen LogP contribution in [0.1, 0.15) is 21.5 Å². The van der Waals surface area contributed by atoms with Gasteiger partial charge >= 0.3 is 6.18 Å². The highest BCUT2D eigenvalue weighted by molar-refractivity contribution is 5.94. The van der Waals surface area contributed by atoms with Crippen LogP contribution in [0.5, 0.6) is 0 Å². The summed E-state index contributed by atoms with van der Waals surface area (Å²) in [4.78, 5) is 22.2. The van der Waals surface area contributed by atoms with E-state index < -0.39 is 22.4 Å². The number of hydrogen-bond donors (Lipinski definition) is 2. The fourth-order valence-corrected chi connectivity index (χ4v) is 2.40. The van der Waals surface area contributed by atoms with Crippen LogP contribution in [0, 0.1) is 10.1 Å². The van der Waals surface area contributed by atoms with Crippen LogP contribution in [-0.2, 0) is 17.5 Å². The molecule has 0 spiro atoms. The Bertz CT molecular complexity index is 839. The SMILES string of the molecule is COCc1ccc(C(=O)NCCNc2ccc(C(F)(F)F)cc2[N+](=O)[O-])cc1. The van der Waals surface area contributed by atoms with Gasteiger partial charge in [0.05, 0.1) is 17.1 Å². The predicted octanol–water partition coefficient (Wildman–Crippen LogP) is 3.60. The number of nitrogens with one attached hydrogen (secondary N) is 2. The molecule has 0 radical (unpaired) electrons. The van der Waals surface area contributed by atoms with E-state index in [2.05, 4.69) is 10.6 Å². The Kier molecular flexibility index (Phi) is 6.94. The van der Waals surface area contributed by atoms with Gasteiger partial charge < -0.3 is 15.4 Å². The molecule has 0 saturated carbocycles. The summed E-state index contributed by atoms with van der Waals surface area (Å²) in [6, 6.07) is 9.01. The van der Waals surface area contributed by atoms with Crippen LogP contribution in [0.25, 0.3) is 0 Å². The van der Waals surface area contributed by atoms with E-state index in [1.807, 2.05) is 0 Å². The molecule has 1 amide bonds. The number of nitro groups is 1. The van der Waals surface area contributed by atoms with Crippen molar-refractivity contribution in [1.29, 1.82) is 0 Å². The summed E-state index contributed by atoms with van der Waals surface area (Å²) in [6.07, 6.45) is -4.67. The van der Waals surface area contributed by atoms with E-state index in [9.17, 15) is 28.1 Å². The van der Waals surface area contributed by atoms with E-state index in [0.29, 0.717) is 18.2 Å². The molecule has 2 aromatic rings. The third kappa shape index (κ3) is 5.68. The molecule has 0 unspecified atom stereocenters. The molecule has 0 fully saturated rings. The molecule has 0 aliphatic carbocycles. The standard InChI is InChI=1S/C18H18F3N3O4/c1-28-11-12-2-4-13(5-3-12)17(25)23-9-8-22-15-7-6-14(18(19,20)21)10-16(15)24(26)27/h2-7,10,22H,8-9,11H2,1H3,(H,23,25). The zero-order valence-electron chi connectivity index (χ0n) is 14.9. The number of nitro benzene ring substituents is 1. The Morgan fingerprint density at radius 1 is 1.14 bits per heavy atom. The van der Waals surface area contributed by atoms with Crippen molar-refractivity contribution in [2.75, 3.05) is 25.5 Å². The fourth-order valence-electron chi connectivity index (χ4n) is 2.40. The van der Waals surface area contributed by atoms with Crippen molar-refractivity contribution in [1.82, 2.24) is 5.32 Å². The normalized spacial score (nSPS) is 11.1. The summed E-state index contributed by atoms with van der Waals surface area (Å²) in [7, 11) is 1.56. The van der Waals surface area contributed by atoms with Gasteiger partial charge in [-0.15, -0.1) is 0 Å².